The second-order valence-corrected chi connectivity index (χ2v) is 6.90. The van der Waals surface area contributed by atoms with Gasteiger partial charge in [-0.05, 0) is 27.2 Å². The Labute approximate surface area is 139 Å². The molecule has 1 fully saturated rings. The molecule has 0 spiro atoms. The molecule has 0 aliphatic carbocycles. The molecule has 122 valence electrons. The van der Waals surface area contributed by atoms with Crippen LogP contribution in [0.4, 0.5) is 4.79 Å². The summed E-state index contributed by atoms with van der Waals surface area (Å²) in [4.78, 5) is 30.7. The minimum absolute atomic E-state index is 0.0585. The van der Waals surface area contributed by atoms with Gasteiger partial charge in [0.15, 0.2) is 5.15 Å². The van der Waals surface area contributed by atoms with E-state index in [2.05, 4.69) is 19.9 Å². The molecule has 1 amide bonds. The average molecular weight is 336 g/mol. The molecule has 0 radical (unpaired) electrons. The molecule has 3 rings (SSSR count). The van der Waals surface area contributed by atoms with Crippen LogP contribution in [0, 0.1) is 0 Å². The smallest absolute Gasteiger partial charge is 0.410 e. The van der Waals surface area contributed by atoms with Crippen molar-refractivity contribution in [2.45, 2.75) is 38.7 Å². The Morgan fingerprint density at radius 2 is 2.13 bits per heavy atom. The van der Waals surface area contributed by atoms with Crippen molar-refractivity contribution in [3.63, 3.8) is 0 Å². The molecule has 23 heavy (non-hydrogen) atoms. The van der Waals surface area contributed by atoms with Gasteiger partial charge in [-0.2, -0.15) is 0 Å². The van der Waals surface area contributed by atoms with E-state index < -0.39 is 5.60 Å². The number of amides is 1. The number of carbonyl (C=O) groups excluding carboxylic acids is 1. The van der Waals surface area contributed by atoms with Crippen LogP contribution in [0.2, 0.25) is 5.15 Å². The second-order valence-electron chi connectivity index (χ2n) is 6.54. The number of halogens is 1. The number of fused-ring (bicyclic) bond motifs is 1. The summed E-state index contributed by atoms with van der Waals surface area (Å²) in [5.74, 6) is 0.712. The zero-order valence-electron chi connectivity index (χ0n) is 13.3. The third-order valence-corrected chi connectivity index (χ3v) is 3.83. The third kappa shape index (κ3) is 3.50. The predicted molar refractivity (Wildman–Crippen MR) is 85.3 cm³/mol. The van der Waals surface area contributed by atoms with E-state index in [0.29, 0.717) is 35.1 Å². The van der Waals surface area contributed by atoms with E-state index in [9.17, 15) is 4.79 Å². The number of hydrogen-bond acceptors (Lipinski definition) is 6. The summed E-state index contributed by atoms with van der Waals surface area (Å²) in [5, 5.41) is 0.306. The van der Waals surface area contributed by atoms with Crippen molar-refractivity contribution in [1.82, 2.24) is 24.8 Å². The molecule has 0 bridgehead atoms. The number of likely N-dealkylation sites (tertiary alicyclic amines) is 1. The minimum atomic E-state index is -0.501. The molecular weight excluding hydrogens is 318 g/mol. The highest BCUT2D eigenvalue weighted by Gasteiger charge is 2.32. The second kappa shape index (κ2) is 5.88. The molecule has 1 unspecified atom stereocenters. The molecule has 0 N–H and O–H groups in total. The van der Waals surface area contributed by atoms with Crippen LogP contribution in [0.3, 0.4) is 0 Å². The Morgan fingerprint density at radius 1 is 1.35 bits per heavy atom. The number of rotatable bonds is 1. The van der Waals surface area contributed by atoms with Gasteiger partial charge in [-0.3, -0.25) is 0 Å². The Balaban J connectivity index is 1.76. The van der Waals surface area contributed by atoms with E-state index in [1.54, 1.807) is 11.1 Å². The van der Waals surface area contributed by atoms with Crippen LogP contribution in [0.15, 0.2) is 12.5 Å². The Bertz CT molecular complexity index is 746. The number of hydrogen-bond donors (Lipinski definition) is 0. The lowest BCUT2D eigenvalue weighted by Crippen LogP contribution is -2.35. The van der Waals surface area contributed by atoms with Crippen LogP contribution in [0.25, 0.3) is 11.0 Å². The van der Waals surface area contributed by atoms with E-state index in [1.807, 2.05) is 20.8 Å². The molecule has 0 aromatic carbocycles. The molecule has 1 aliphatic heterocycles. The minimum Gasteiger partial charge on any atom is -0.444 e. The maximum atomic E-state index is 12.1. The Hall–Kier alpha value is -2.02. The fraction of sp³-hybridized carbons (Fsp3) is 0.533. The third-order valence-electron chi connectivity index (χ3n) is 3.56. The van der Waals surface area contributed by atoms with Crippen LogP contribution in [-0.2, 0) is 4.74 Å². The van der Waals surface area contributed by atoms with Crippen molar-refractivity contribution in [2.75, 3.05) is 13.1 Å². The molecular formula is C15H18ClN5O2. The van der Waals surface area contributed by atoms with E-state index in [-0.39, 0.29) is 12.0 Å². The van der Waals surface area contributed by atoms with E-state index in [1.165, 1.54) is 6.33 Å². The van der Waals surface area contributed by atoms with Gasteiger partial charge in [-0.15, -0.1) is 0 Å². The van der Waals surface area contributed by atoms with Crippen molar-refractivity contribution in [3.05, 3.63) is 23.5 Å². The Kier molecular flexibility index (Phi) is 4.06. The fourth-order valence-corrected chi connectivity index (χ4v) is 2.68. The lowest BCUT2D eigenvalue weighted by molar-refractivity contribution is 0.0292. The topological polar surface area (TPSA) is 81.1 Å². The average Bonchev–Trinajstić information content (AvgIpc) is 2.95. The first-order chi connectivity index (χ1) is 10.8. The first-order valence-electron chi connectivity index (χ1n) is 7.44. The van der Waals surface area contributed by atoms with E-state index in [4.69, 9.17) is 16.3 Å². The molecule has 3 heterocycles. The van der Waals surface area contributed by atoms with Crippen molar-refractivity contribution in [2.24, 2.45) is 0 Å². The van der Waals surface area contributed by atoms with Gasteiger partial charge < -0.3 is 9.64 Å². The summed E-state index contributed by atoms with van der Waals surface area (Å²) in [5.41, 5.74) is 0.644. The number of carbonyl (C=O) groups is 1. The zero-order chi connectivity index (χ0) is 16.6. The fourth-order valence-electron chi connectivity index (χ4n) is 2.50. The molecule has 1 saturated heterocycles. The van der Waals surface area contributed by atoms with E-state index in [0.717, 1.165) is 6.42 Å². The Morgan fingerprint density at radius 3 is 2.87 bits per heavy atom. The van der Waals surface area contributed by atoms with Crippen molar-refractivity contribution >= 4 is 28.7 Å². The van der Waals surface area contributed by atoms with Gasteiger partial charge in [0, 0.05) is 19.0 Å². The van der Waals surface area contributed by atoms with Gasteiger partial charge in [0.2, 0.25) is 0 Å². The zero-order valence-corrected chi connectivity index (χ0v) is 14.0. The normalized spacial score (nSPS) is 18.4. The maximum Gasteiger partial charge on any atom is 0.410 e. The standard InChI is InChI=1S/C15H18ClN5O2/c1-15(2,3)23-14(22)21-5-4-9(7-21)13-17-6-10-11(20-13)12(16)19-8-18-10/h6,8-9H,4-5,7H2,1-3H3. The maximum absolute atomic E-state index is 12.1. The van der Waals surface area contributed by atoms with Crippen molar-refractivity contribution in [1.29, 1.82) is 0 Å². The van der Waals surface area contributed by atoms with Crippen LogP contribution >= 0.6 is 11.6 Å². The number of aromatic nitrogens is 4. The lowest BCUT2D eigenvalue weighted by Gasteiger charge is -2.24. The number of nitrogens with zero attached hydrogens (tertiary/aromatic N) is 5. The van der Waals surface area contributed by atoms with Crippen LogP contribution < -0.4 is 0 Å². The van der Waals surface area contributed by atoms with Crippen LogP contribution in [0.5, 0.6) is 0 Å². The van der Waals surface area contributed by atoms with E-state index >= 15 is 0 Å². The largest absolute Gasteiger partial charge is 0.444 e. The van der Waals surface area contributed by atoms with Crippen molar-refractivity contribution < 1.29 is 9.53 Å². The summed E-state index contributed by atoms with van der Waals surface area (Å²) in [6.07, 6.45) is 3.51. The number of ether oxygens (including phenoxy) is 1. The lowest BCUT2D eigenvalue weighted by atomic mass is 10.1. The molecule has 7 nitrogen and oxygen atoms in total. The molecule has 8 heteroatoms. The summed E-state index contributed by atoms with van der Waals surface area (Å²) < 4.78 is 5.40. The highest BCUT2D eigenvalue weighted by Crippen LogP contribution is 2.27. The quantitative estimate of drug-likeness (QED) is 0.745. The predicted octanol–water partition coefficient (Wildman–Crippen LogP) is 2.80. The summed E-state index contributed by atoms with van der Waals surface area (Å²) in [7, 11) is 0. The van der Waals surface area contributed by atoms with Crippen LogP contribution in [-0.4, -0.2) is 49.6 Å². The monoisotopic (exact) mass is 335 g/mol. The van der Waals surface area contributed by atoms with Gasteiger partial charge in [0.25, 0.3) is 0 Å². The van der Waals surface area contributed by atoms with Gasteiger partial charge in [-0.25, -0.2) is 24.7 Å². The summed E-state index contributed by atoms with van der Waals surface area (Å²) in [6, 6.07) is 0. The molecule has 1 aliphatic rings. The summed E-state index contributed by atoms with van der Waals surface area (Å²) in [6.45, 7) is 6.72. The SMILES string of the molecule is CC(C)(C)OC(=O)N1CCC(c2ncc3ncnc(Cl)c3n2)C1. The molecule has 2 aromatic rings. The molecule has 2 aromatic heterocycles. The van der Waals surface area contributed by atoms with Gasteiger partial charge in [0.1, 0.15) is 28.8 Å². The van der Waals surface area contributed by atoms with Crippen LogP contribution in [0.1, 0.15) is 38.9 Å². The first-order valence-corrected chi connectivity index (χ1v) is 7.82. The molecule has 0 saturated carbocycles. The first kappa shape index (κ1) is 15.9. The van der Waals surface area contributed by atoms with Gasteiger partial charge in [0.05, 0.1) is 6.20 Å². The molecule has 1 atom stereocenters. The van der Waals surface area contributed by atoms with Gasteiger partial charge >= 0.3 is 6.09 Å². The summed E-state index contributed by atoms with van der Waals surface area (Å²) >= 11 is 6.06. The van der Waals surface area contributed by atoms with Gasteiger partial charge in [-0.1, -0.05) is 11.6 Å². The highest BCUT2D eigenvalue weighted by atomic mass is 35.5. The van der Waals surface area contributed by atoms with Crippen molar-refractivity contribution in [3.8, 4) is 0 Å². The highest BCUT2D eigenvalue weighted by molar-refractivity contribution is 6.33.